The van der Waals surface area contributed by atoms with Crippen molar-refractivity contribution in [3.05, 3.63) is 29.8 Å². The standard InChI is InChI=1S/C11H12ClF3N2/c12-17-7-5-16(6-8-17)10-4-2-1-3-9(10)11(13,14)15/h1-4H,5-8H2. The molecule has 1 fully saturated rings. The number of alkyl halides is 3. The molecule has 1 aliphatic rings. The molecule has 0 bridgehead atoms. The van der Waals surface area contributed by atoms with Crippen LogP contribution in [-0.4, -0.2) is 30.6 Å². The Kier molecular flexibility index (Phi) is 3.49. The van der Waals surface area contributed by atoms with Crippen LogP contribution in [0.4, 0.5) is 18.9 Å². The highest BCUT2D eigenvalue weighted by atomic mass is 35.5. The lowest BCUT2D eigenvalue weighted by Gasteiger charge is -2.34. The zero-order valence-corrected chi connectivity index (χ0v) is 9.80. The van der Waals surface area contributed by atoms with Gasteiger partial charge < -0.3 is 4.90 Å². The molecule has 2 nitrogen and oxygen atoms in total. The Labute approximate surface area is 103 Å². The molecule has 0 radical (unpaired) electrons. The fourth-order valence-electron chi connectivity index (χ4n) is 1.91. The van der Waals surface area contributed by atoms with Crippen molar-refractivity contribution >= 4 is 17.5 Å². The number of anilines is 1. The zero-order valence-electron chi connectivity index (χ0n) is 9.04. The highest BCUT2D eigenvalue weighted by Crippen LogP contribution is 2.36. The number of hydrogen-bond donors (Lipinski definition) is 0. The summed E-state index contributed by atoms with van der Waals surface area (Å²) in [7, 11) is 0. The number of rotatable bonds is 1. The van der Waals surface area contributed by atoms with Crippen LogP contribution in [0.2, 0.25) is 0 Å². The maximum absolute atomic E-state index is 12.8. The van der Waals surface area contributed by atoms with Crippen LogP contribution in [0.3, 0.4) is 0 Å². The molecule has 1 aliphatic heterocycles. The van der Waals surface area contributed by atoms with E-state index in [9.17, 15) is 13.2 Å². The molecule has 94 valence electrons. The van der Waals surface area contributed by atoms with Crippen LogP contribution in [0, 0.1) is 0 Å². The van der Waals surface area contributed by atoms with Gasteiger partial charge in [-0.25, -0.2) is 4.42 Å². The van der Waals surface area contributed by atoms with E-state index in [4.69, 9.17) is 11.8 Å². The fourth-order valence-corrected chi connectivity index (χ4v) is 2.06. The SMILES string of the molecule is FC(F)(F)c1ccccc1N1CCN(Cl)CC1. The van der Waals surface area contributed by atoms with Crippen molar-refractivity contribution in [3.63, 3.8) is 0 Å². The van der Waals surface area contributed by atoms with Crippen molar-refractivity contribution in [2.24, 2.45) is 0 Å². The Bertz CT molecular complexity index is 387. The van der Waals surface area contributed by atoms with E-state index < -0.39 is 11.7 Å². The van der Waals surface area contributed by atoms with E-state index in [1.54, 1.807) is 15.4 Å². The third kappa shape index (κ3) is 2.84. The second kappa shape index (κ2) is 4.74. The quantitative estimate of drug-likeness (QED) is 0.720. The van der Waals surface area contributed by atoms with Crippen LogP contribution < -0.4 is 4.90 Å². The van der Waals surface area contributed by atoms with Gasteiger partial charge in [0.1, 0.15) is 0 Å². The molecular formula is C11H12ClF3N2. The minimum Gasteiger partial charge on any atom is -0.368 e. The molecule has 2 rings (SSSR count). The monoisotopic (exact) mass is 264 g/mol. The molecule has 0 unspecified atom stereocenters. The number of benzene rings is 1. The molecular weight excluding hydrogens is 253 g/mol. The van der Waals surface area contributed by atoms with Gasteiger partial charge in [-0.2, -0.15) is 13.2 Å². The Morgan fingerprint density at radius 1 is 1.00 bits per heavy atom. The molecule has 0 amide bonds. The lowest BCUT2D eigenvalue weighted by Crippen LogP contribution is -2.43. The van der Waals surface area contributed by atoms with Crippen LogP contribution in [0.5, 0.6) is 0 Å². The van der Waals surface area contributed by atoms with Crippen LogP contribution in [0.15, 0.2) is 24.3 Å². The number of halogens is 4. The number of piperazine rings is 1. The first-order valence-corrected chi connectivity index (χ1v) is 5.64. The minimum absolute atomic E-state index is 0.241. The maximum atomic E-state index is 12.8. The molecule has 0 atom stereocenters. The van der Waals surface area contributed by atoms with Crippen molar-refractivity contribution < 1.29 is 13.2 Å². The van der Waals surface area contributed by atoms with E-state index in [-0.39, 0.29) is 5.69 Å². The summed E-state index contributed by atoms with van der Waals surface area (Å²) in [6.07, 6.45) is -4.31. The molecule has 1 saturated heterocycles. The fraction of sp³-hybridized carbons (Fsp3) is 0.455. The average molecular weight is 265 g/mol. The molecule has 0 aliphatic carbocycles. The van der Waals surface area contributed by atoms with Crippen LogP contribution in [-0.2, 0) is 6.18 Å². The Hall–Kier alpha value is -0.940. The Morgan fingerprint density at radius 3 is 2.18 bits per heavy atom. The first-order chi connectivity index (χ1) is 7.98. The molecule has 1 heterocycles. The van der Waals surface area contributed by atoms with Gasteiger partial charge in [0, 0.05) is 31.9 Å². The van der Waals surface area contributed by atoms with Crippen molar-refractivity contribution in [1.82, 2.24) is 4.42 Å². The first-order valence-electron chi connectivity index (χ1n) is 5.30. The Balaban J connectivity index is 2.26. The summed E-state index contributed by atoms with van der Waals surface area (Å²) in [6, 6.07) is 5.65. The molecule has 0 saturated carbocycles. The van der Waals surface area contributed by atoms with E-state index >= 15 is 0 Å². The topological polar surface area (TPSA) is 6.48 Å². The van der Waals surface area contributed by atoms with Gasteiger partial charge in [-0.05, 0) is 23.9 Å². The van der Waals surface area contributed by atoms with Gasteiger partial charge in [-0.1, -0.05) is 12.1 Å². The molecule has 17 heavy (non-hydrogen) atoms. The summed E-state index contributed by atoms with van der Waals surface area (Å²) in [5.41, 5.74) is -0.340. The summed E-state index contributed by atoms with van der Waals surface area (Å²) < 4.78 is 40.0. The maximum Gasteiger partial charge on any atom is 0.418 e. The van der Waals surface area contributed by atoms with E-state index in [0.29, 0.717) is 26.2 Å². The molecule has 1 aromatic rings. The summed E-state index contributed by atoms with van der Waals surface area (Å²) in [5, 5.41) is 0. The summed E-state index contributed by atoms with van der Waals surface area (Å²) in [4.78, 5) is 1.72. The zero-order chi connectivity index (χ0) is 12.5. The first kappa shape index (κ1) is 12.5. The van der Waals surface area contributed by atoms with Gasteiger partial charge in [0.25, 0.3) is 0 Å². The second-order valence-electron chi connectivity index (χ2n) is 3.91. The van der Waals surface area contributed by atoms with Crippen LogP contribution >= 0.6 is 11.8 Å². The molecule has 0 aromatic heterocycles. The molecule has 6 heteroatoms. The molecule has 1 aromatic carbocycles. The van der Waals surface area contributed by atoms with Gasteiger partial charge in [-0.15, -0.1) is 0 Å². The van der Waals surface area contributed by atoms with Gasteiger partial charge in [0.15, 0.2) is 0 Å². The smallest absolute Gasteiger partial charge is 0.368 e. The molecule has 0 N–H and O–H groups in total. The second-order valence-corrected chi connectivity index (χ2v) is 4.39. The van der Waals surface area contributed by atoms with Crippen molar-refractivity contribution in [1.29, 1.82) is 0 Å². The van der Waals surface area contributed by atoms with Gasteiger partial charge in [0.2, 0.25) is 0 Å². The number of para-hydroxylation sites is 1. The van der Waals surface area contributed by atoms with E-state index in [2.05, 4.69) is 0 Å². The third-order valence-corrected chi connectivity index (χ3v) is 3.11. The average Bonchev–Trinajstić information content (AvgIpc) is 2.29. The Morgan fingerprint density at radius 2 is 1.59 bits per heavy atom. The lowest BCUT2D eigenvalue weighted by molar-refractivity contribution is -0.137. The number of hydrogen-bond acceptors (Lipinski definition) is 2. The third-order valence-electron chi connectivity index (χ3n) is 2.78. The van der Waals surface area contributed by atoms with E-state index in [0.717, 1.165) is 6.07 Å². The van der Waals surface area contributed by atoms with Gasteiger partial charge in [0.05, 0.1) is 5.56 Å². The lowest BCUT2D eigenvalue weighted by atomic mass is 10.1. The van der Waals surface area contributed by atoms with E-state index in [1.165, 1.54) is 12.1 Å². The summed E-state index contributed by atoms with van der Waals surface area (Å²) in [5.74, 6) is 0. The van der Waals surface area contributed by atoms with Gasteiger partial charge >= 0.3 is 6.18 Å². The molecule has 0 spiro atoms. The summed E-state index contributed by atoms with van der Waals surface area (Å²) in [6.45, 7) is 2.15. The van der Waals surface area contributed by atoms with Crippen molar-refractivity contribution in [2.45, 2.75) is 6.18 Å². The van der Waals surface area contributed by atoms with Gasteiger partial charge in [-0.3, -0.25) is 0 Å². The highest BCUT2D eigenvalue weighted by Gasteiger charge is 2.35. The largest absolute Gasteiger partial charge is 0.418 e. The minimum atomic E-state index is -4.31. The normalized spacial score (nSPS) is 18.5. The van der Waals surface area contributed by atoms with Crippen LogP contribution in [0.25, 0.3) is 0 Å². The van der Waals surface area contributed by atoms with Crippen LogP contribution in [0.1, 0.15) is 5.56 Å². The number of nitrogens with zero attached hydrogens (tertiary/aromatic N) is 2. The summed E-state index contributed by atoms with van der Waals surface area (Å²) >= 11 is 5.78. The highest BCUT2D eigenvalue weighted by molar-refractivity contribution is 6.13. The van der Waals surface area contributed by atoms with E-state index in [1.807, 2.05) is 0 Å². The van der Waals surface area contributed by atoms with Crippen molar-refractivity contribution in [2.75, 3.05) is 31.1 Å². The van der Waals surface area contributed by atoms with Crippen molar-refractivity contribution in [3.8, 4) is 0 Å². The predicted molar refractivity (Wildman–Crippen MR) is 61.1 cm³/mol. The predicted octanol–water partition coefficient (Wildman–Crippen LogP) is 2.98.